The van der Waals surface area contributed by atoms with Crippen LogP contribution < -0.4 is 14.4 Å². The van der Waals surface area contributed by atoms with E-state index in [2.05, 4.69) is 14.7 Å². The van der Waals surface area contributed by atoms with E-state index in [-0.39, 0.29) is 33.9 Å². The summed E-state index contributed by atoms with van der Waals surface area (Å²) in [6, 6.07) is 9.64. The average Bonchev–Trinajstić information content (AvgIpc) is 2.71. The first-order valence-corrected chi connectivity index (χ1v) is 9.05. The van der Waals surface area contributed by atoms with Gasteiger partial charge in [-0.1, -0.05) is 11.6 Å². The number of rotatable bonds is 6. The zero-order valence-corrected chi connectivity index (χ0v) is 16.3. The second-order valence-electron chi connectivity index (χ2n) is 5.89. The molecular formula is C20H15ClF3N3O3. The van der Waals surface area contributed by atoms with Crippen LogP contribution in [0.25, 0.3) is 0 Å². The minimum Gasteiger partial charge on any atom is -0.438 e. The zero-order chi connectivity index (χ0) is 21.7. The summed E-state index contributed by atoms with van der Waals surface area (Å²) >= 11 is 6.19. The number of benzene rings is 1. The van der Waals surface area contributed by atoms with Gasteiger partial charge in [0.1, 0.15) is 16.5 Å². The molecule has 0 aliphatic carbocycles. The molecule has 0 fully saturated rings. The summed E-state index contributed by atoms with van der Waals surface area (Å²) in [5, 5.41) is 0.0682. The second-order valence-corrected chi connectivity index (χ2v) is 6.30. The van der Waals surface area contributed by atoms with E-state index in [4.69, 9.17) is 16.3 Å². The Hall–Kier alpha value is -3.33. The van der Waals surface area contributed by atoms with Crippen molar-refractivity contribution in [2.75, 3.05) is 11.4 Å². The summed E-state index contributed by atoms with van der Waals surface area (Å²) in [4.78, 5) is 22.4. The summed E-state index contributed by atoms with van der Waals surface area (Å²) in [5.74, 6) is -0.504. The summed E-state index contributed by atoms with van der Waals surface area (Å²) in [7, 11) is 0. The molecule has 3 rings (SSSR count). The number of hydrogen-bond acceptors (Lipinski definition) is 5. The highest BCUT2D eigenvalue weighted by Gasteiger charge is 2.31. The van der Waals surface area contributed by atoms with Gasteiger partial charge >= 0.3 is 6.36 Å². The van der Waals surface area contributed by atoms with Gasteiger partial charge in [-0.3, -0.25) is 9.78 Å². The first-order valence-electron chi connectivity index (χ1n) is 8.68. The molecule has 0 spiro atoms. The average molecular weight is 438 g/mol. The van der Waals surface area contributed by atoms with Crippen molar-refractivity contribution in [3.8, 4) is 17.4 Å². The fourth-order valence-electron chi connectivity index (χ4n) is 2.55. The van der Waals surface area contributed by atoms with E-state index in [1.807, 2.05) is 6.92 Å². The molecule has 0 unspecified atom stereocenters. The van der Waals surface area contributed by atoms with E-state index < -0.39 is 6.36 Å². The SMILES string of the molecule is CCN(C(=O)c1cnc(Oc2ccc(OC(F)(F)F)cc2)c(Cl)c1)c1cccnc1. The lowest BCUT2D eigenvalue weighted by atomic mass is 10.2. The number of hydrogen-bond donors (Lipinski definition) is 0. The van der Waals surface area contributed by atoms with Crippen LogP contribution in [-0.4, -0.2) is 28.8 Å². The first-order chi connectivity index (χ1) is 14.3. The van der Waals surface area contributed by atoms with Gasteiger partial charge in [0.05, 0.1) is 17.4 Å². The molecule has 0 bridgehead atoms. The number of anilines is 1. The molecule has 10 heteroatoms. The highest BCUT2D eigenvalue weighted by Crippen LogP contribution is 2.30. The quantitative estimate of drug-likeness (QED) is 0.510. The monoisotopic (exact) mass is 437 g/mol. The molecule has 0 saturated heterocycles. The van der Waals surface area contributed by atoms with Gasteiger partial charge in [0.2, 0.25) is 5.88 Å². The van der Waals surface area contributed by atoms with Crippen molar-refractivity contribution in [3.05, 3.63) is 71.6 Å². The van der Waals surface area contributed by atoms with Crippen LogP contribution in [0, 0.1) is 0 Å². The number of carbonyl (C=O) groups is 1. The Balaban J connectivity index is 1.74. The van der Waals surface area contributed by atoms with Crippen molar-refractivity contribution in [1.29, 1.82) is 0 Å². The third-order valence-electron chi connectivity index (χ3n) is 3.85. The van der Waals surface area contributed by atoms with Crippen LogP contribution in [0.3, 0.4) is 0 Å². The zero-order valence-electron chi connectivity index (χ0n) is 15.6. The number of amides is 1. The van der Waals surface area contributed by atoms with Crippen LogP contribution in [0.5, 0.6) is 17.4 Å². The largest absolute Gasteiger partial charge is 0.573 e. The van der Waals surface area contributed by atoms with Gasteiger partial charge in [0.15, 0.2) is 0 Å². The number of alkyl halides is 3. The van der Waals surface area contributed by atoms with Gasteiger partial charge in [0.25, 0.3) is 5.91 Å². The Morgan fingerprint density at radius 1 is 1.13 bits per heavy atom. The Kier molecular flexibility index (Phi) is 6.41. The molecule has 0 aliphatic heterocycles. The van der Waals surface area contributed by atoms with Crippen LogP contribution in [0.2, 0.25) is 5.02 Å². The van der Waals surface area contributed by atoms with E-state index in [1.54, 1.807) is 24.5 Å². The number of aromatic nitrogens is 2. The first kappa shape index (κ1) is 21.4. The van der Waals surface area contributed by atoms with Crippen molar-refractivity contribution >= 4 is 23.2 Å². The fourth-order valence-corrected chi connectivity index (χ4v) is 2.76. The number of pyridine rings is 2. The molecule has 156 valence electrons. The van der Waals surface area contributed by atoms with Gasteiger partial charge in [0, 0.05) is 18.9 Å². The van der Waals surface area contributed by atoms with Crippen molar-refractivity contribution in [3.63, 3.8) is 0 Å². The van der Waals surface area contributed by atoms with E-state index in [0.717, 1.165) is 12.1 Å². The number of carbonyl (C=O) groups excluding carboxylic acids is 1. The summed E-state index contributed by atoms with van der Waals surface area (Å²) in [6.45, 7) is 2.23. The molecule has 3 aromatic rings. The maximum absolute atomic E-state index is 12.8. The molecule has 6 nitrogen and oxygen atoms in total. The van der Waals surface area contributed by atoms with Crippen molar-refractivity contribution in [1.82, 2.24) is 9.97 Å². The third-order valence-corrected chi connectivity index (χ3v) is 4.12. The summed E-state index contributed by atoms with van der Waals surface area (Å²) in [5.41, 5.74) is 0.870. The van der Waals surface area contributed by atoms with Gasteiger partial charge in [-0.2, -0.15) is 0 Å². The van der Waals surface area contributed by atoms with E-state index in [9.17, 15) is 18.0 Å². The standard InChI is InChI=1S/C20H15ClF3N3O3/c1-2-27(14-4-3-9-25-12-14)19(28)13-10-17(21)18(26-11-13)29-15-5-7-16(8-6-15)30-20(22,23)24/h3-12H,2H2,1H3. The highest BCUT2D eigenvalue weighted by molar-refractivity contribution is 6.32. The maximum Gasteiger partial charge on any atom is 0.573 e. The van der Waals surface area contributed by atoms with Crippen molar-refractivity contribution in [2.45, 2.75) is 13.3 Å². The van der Waals surface area contributed by atoms with Crippen LogP contribution in [0.4, 0.5) is 18.9 Å². The molecule has 0 saturated carbocycles. The van der Waals surface area contributed by atoms with Gasteiger partial charge in [-0.05, 0) is 49.4 Å². The lowest BCUT2D eigenvalue weighted by molar-refractivity contribution is -0.274. The predicted molar refractivity (Wildman–Crippen MR) is 104 cm³/mol. The summed E-state index contributed by atoms with van der Waals surface area (Å²) < 4.78 is 45.9. The van der Waals surface area contributed by atoms with Gasteiger partial charge in [-0.25, -0.2) is 4.98 Å². The molecular weight excluding hydrogens is 423 g/mol. The smallest absolute Gasteiger partial charge is 0.438 e. The van der Waals surface area contributed by atoms with Crippen molar-refractivity contribution in [2.24, 2.45) is 0 Å². The van der Waals surface area contributed by atoms with Crippen molar-refractivity contribution < 1.29 is 27.4 Å². The van der Waals surface area contributed by atoms with Crippen LogP contribution >= 0.6 is 11.6 Å². The number of nitrogens with zero attached hydrogens (tertiary/aromatic N) is 3. The van der Waals surface area contributed by atoms with Crippen LogP contribution in [0.1, 0.15) is 17.3 Å². The lowest BCUT2D eigenvalue weighted by Crippen LogP contribution is -2.30. The Morgan fingerprint density at radius 2 is 1.83 bits per heavy atom. The molecule has 1 amide bonds. The maximum atomic E-state index is 12.8. The van der Waals surface area contributed by atoms with Crippen LogP contribution in [0.15, 0.2) is 61.1 Å². The number of halogens is 4. The van der Waals surface area contributed by atoms with Crippen LogP contribution in [-0.2, 0) is 0 Å². The van der Waals surface area contributed by atoms with E-state index in [0.29, 0.717) is 12.2 Å². The number of ether oxygens (including phenoxy) is 2. The molecule has 0 N–H and O–H groups in total. The fraction of sp³-hybridized carbons (Fsp3) is 0.150. The topological polar surface area (TPSA) is 64.6 Å². The minimum absolute atomic E-state index is 0.00197. The molecule has 2 heterocycles. The second kappa shape index (κ2) is 9.00. The molecule has 0 aliphatic rings. The molecule has 0 atom stereocenters. The van der Waals surface area contributed by atoms with E-state index >= 15 is 0 Å². The Bertz CT molecular complexity index is 1020. The Labute approximate surface area is 174 Å². The van der Waals surface area contributed by atoms with Gasteiger partial charge in [-0.15, -0.1) is 13.2 Å². The predicted octanol–water partition coefficient (Wildman–Crippen LogP) is 5.49. The molecule has 1 aromatic carbocycles. The normalized spacial score (nSPS) is 11.1. The minimum atomic E-state index is -4.78. The molecule has 30 heavy (non-hydrogen) atoms. The van der Waals surface area contributed by atoms with E-state index in [1.165, 1.54) is 29.3 Å². The molecule has 2 aromatic heterocycles. The summed E-state index contributed by atoms with van der Waals surface area (Å²) in [6.07, 6.45) is -0.296. The Morgan fingerprint density at radius 3 is 2.40 bits per heavy atom. The van der Waals surface area contributed by atoms with Gasteiger partial charge < -0.3 is 14.4 Å². The third kappa shape index (κ3) is 5.38. The highest BCUT2D eigenvalue weighted by atomic mass is 35.5. The molecule has 0 radical (unpaired) electrons. The lowest BCUT2D eigenvalue weighted by Gasteiger charge is -2.20.